The van der Waals surface area contributed by atoms with Crippen LogP contribution in [0.25, 0.3) is 32.2 Å². The van der Waals surface area contributed by atoms with Crippen molar-refractivity contribution in [3.63, 3.8) is 0 Å². The van der Waals surface area contributed by atoms with Crippen molar-refractivity contribution < 1.29 is 23.0 Å². The van der Waals surface area contributed by atoms with E-state index in [4.69, 9.17) is 14.5 Å². The number of anilines is 2. The van der Waals surface area contributed by atoms with Gasteiger partial charge in [-0.25, -0.2) is 23.5 Å². The zero-order valence-corrected chi connectivity index (χ0v) is 26.2. The van der Waals surface area contributed by atoms with E-state index in [1.165, 1.54) is 0 Å². The van der Waals surface area contributed by atoms with Crippen LogP contribution in [0.5, 0.6) is 0 Å². The van der Waals surface area contributed by atoms with E-state index in [9.17, 15) is 10.1 Å². The molecule has 0 aliphatic carbocycles. The highest BCUT2D eigenvalue weighted by atomic mass is 32.1. The summed E-state index contributed by atoms with van der Waals surface area (Å²) in [6, 6.07) is 2.71. The number of benzene rings is 1. The minimum absolute atomic E-state index is 0.0389. The lowest BCUT2D eigenvalue weighted by atomic mass is 9.94. The first kappa shape index (κ1) is 30.1. The van der Waals surface area contributed by atoms with E-state index in [1.54, 1.807) is 27.0 Å². The fourth-order valence-electron chi connectivity index (χ4n) is 6.01. The number of nitrogens with zero attached hydrogens (tertiary/aromatic N) is 5. The summed E-state index contributed by atoms with van der Waals surface area (Å²) in [5, 5.41) is 17.0. The molecule has 1 saturated heterocycles. The van der Waals surface area contributed by atoms with E-state index in [-0.39, 0.29) is 62.7 Å². The summed E-state index contributed by atoms with van der Waals surface area (Å²) in [6.45, 7) is 12.4. The number of amides is 1. The SMILES string of the molecule is CC(C)N[C@@H]1CCN(c2ncc3c4c(c(-c5ncc(F)c6sc(NC(=O)OC(C)(C)C)c(C#N)c56)c(F)c3n2)COC4)[C@@H]1C. The Hall–Kier alpha value is -3.99. The standard InChI is InChI=1S/C31H33F2N7O3S/c1-14(2)37-21-7-8-40(15(21)3)29-36-10-17-18-12-42-13-19(18)22(24(33)25(17)38-29)26-23-16(9-34)28(39-30(41)43-31(4,5)6)44-27(23)20(32)11-35-26/h10-11,14-15,21,37H,7-8,12-13H2,1-6H3,(H,39,41)/t15-,21-/m1/s1. The summed E-state index contributed by atoms with van der Waals surface area (Å²) < 4.78 is 43.1. The lowest BCUT2D eigenvalue weighted by Crippen LogP contribution is -2.43. The number of nitrogens with one attached hydrogen (secondary N) is 2. The lowest BCUT2D eigenvalue weighted by molar-refractivity contribution is 0.0636. The minimum Gasteiger partial charge on any atom is -0.444 e. The molecule has 0 unspecified atom stereocenters. The number of thiophene rings is 1. The van der Waals surface area contributed by atoms with Gasteiger partial charge in [0.1, 0.15) is 22.2 Å². The molecule has 1 fully saturated rings. The van der Waals surface area contributed by atoms with Crippen LogP contribution in [0.3, 0.4) is 0 Å². The number of rotatable bonds is 5. The lowest BCUT2D eigenvalue weighted by Gasteiger charge is -2.26. The predicted octanol–water partition coefficient (Wildman–Crippen LogP) is 6.40. The molecule has 1 amide bonds. The van der Waals surface area contributed by atoms with Gasteiger partial charge in [0, 0.05) is 47.2 Å². The normalized spacial score (nSPS) is 18.3. The molecule has 4 aromatic rings. The largest absolute Gasteiger partial charge is 0.444 e. The van der Waals surface area contributed by atoms with Crippen LogP contribution in [-0.2, 0) is 22.7 Å². The monoisotopic (exact) mass is 621 g/mol. The Bertz CT molecular complexity index is 1850. The Morgan fingerprint density at radius 3 is 2.68 bits per heavy atom. The fourth-order valence-corrected chi connectivity index (χ4v) is 7.05. The molecule has 0 saturated carbocycles. The highest BCUT2D eigenvalue weighted by Crippen LogP contribution is 2.46. The molecule has 0 radical (unpaired) electrons. The second-order valence-electron chi connectivity index (χ2n) is 12.4. The van der Waals surface area contributed by atoms with Gasteiger partial charge >= 0.3 is 6.09 Å². The molecule has 2 aliphatic heterocycles. The Morgan fingerprint density at radius 2 is 1.98 bits per heavy atom. The first-order valence-electron chi connectivity index (χ1n) is 14.5. The van der Waals surface area contributed by atoms with E-state index in [0.29, 0.717) is 29.5 Å². The Labute approximate surface area is 257 Å². The first-order chi connectivity index (χ1) is 20.9. The van der Waals surface area contributed by atoms with Crippen LogP contribution in [0.1, 0.15) is 64.7 Å². The van der Waals surface area contributed by atoms with Gasteiger partial charge in [0.2, 0.25) is 5.95 Å². The molecule has 13 heteroatoms. The molecule has 5 heterocycles. The quantitative estimate of drug-likeness (QED) is 0.260. The molecule has 2 aliphatic rings. The molecule has 6 rings (SSSR count). The number of halogens is 2. The smallest absolute Gasteiger partial charge is 0.412 e. The van der Waals surface area contributed by atoms with Gasteiger partial charge in [-0.05, 0) is 45.2 Å². The van der Waals surface area contributed by atoms with Crippen molar-refractivity contribution in [1.29, 1.82) is 5.26 Å². The van der Waals surface area contributed by atoms with Gasteiger partial charge < -0.3 is 19.7 Å². The Morgan fingerprint density at radius 1 is 1.23 bits per heavy atom. The van der Waals surface area contributed by atoms with Crippen molar-refractivity contribution in [1.82, 2.24) is 20.3 Å². The molecule has 230 valence electrons. The number of nitriles is 1. The van der Waals surface area contributed by atoms with E-state index >= 15 is 8.78 Å². The minimum atomic E-state index is -0.798. The number of fused-ring (bicyclic) bond motifs is 4. The third kappa shape index (κ3) is 5.21. The molecular weight excluding hydrogens is 588 g/mol. The summed E-state index contributed by atoms with van der Waals surface area (Å²) in [5.41, 5.74) is 0.690. The maximum Gasteiger partial charge on any atom is 0.412 e. The van der Waals surface area contributed by atoms with Crippen LogP contribution in [-0.4, -0.2) is 51.3 Å². The third-order valence-corrected chi connectivity index (χ3v) is 8.99. The summed E-state index contributed by atoms with van der Waals surface area (Å²) in [4.78, 5) is 28.3. The van der Waals surface area contributed by atoms with Crippen LogP contribution in [0.2, 0.25) is 0 Å². The zero-order chi connectivity index (χ0) is 31.5. The number of hydrogen-bond donors (Lipinski definition) is 2. The van der Waals surface area contributed by atoms with Gasteiger partial charge in [0.25, 0.3) is 0 Å². The second-order valence-corrected chi connectivity index (χ2v) is 13.4. The number of pyridine rings is 1. The van der Waals surface area contributed by atoms with Gasteiger partial charge in [-0.1, -0.05) is 13.8 Å². The van der Waals surface area contributed by atoms with E-state index in [2.05, 4.69) is 52.3 Å². The maximum absolute atomic E-state index is 16.8. The number of aromatic nitrogens is 3. The number of carbonyl (C=O) groups excluding carboxylic acids is 1. The highest BCUT2D eigenvalue weighted by Gasteiger charge is 2.34. The van der Waals surface area contributed by atoms with Crippen molar-refractivity contribution in [2.24, 2.45) is 0 Å². The third-order valence-electron chi connectivity index (χ3n) is 7.88. The van der Waals surface area contributed by atoms with E-state index < -0.39 is 23.3 Å². The van der Waals surface area contributed by atoms with Crippen molar-refractivity contribution in [2.75, 3.05) is 16.8 Å². The molecule has 1 aromatic carbocycles. The van der Waals surface area contributed by atoms with Crippen LogP contribution >= 0.6 is 11.3 Å². The second kappa shape index (κ2) is 11.2. The number of ether oxygens (including phenoxy) is 2. The van der Waals surface area contributed by atoms with Gasteiger partial charge in [-0.3, -0.25) is 10.3 Å². The zero-order valence-electron chi connectivity index (χ0n) is 25.3. The topological polar surface area (TPSA) is 125 Å². The van der Waals surface area contributed by atoms with Gasteiger partial charge in [0.15, 0.2) is 11.6 Å². The molecule has 0 spiro atoms. The number of hydrogen-bond acceptors (Lipinski definition) is 10. The predicted molar refractivity (Wildman–Crippen MR) is 165 cm³/mol. The van der Waals surface area contributed by atoms with E-state index in [0.717, 1.165) is 29.5 Å². The molecule has 3 aromatic heterocycles. The summed E-state index contributed by atoms with van der Waals surface area (Å²) in [6.07, 6.45) is 2.74. The highest BCUT2D eigenvalue weighted by molar-refractivity contribution is 7.23. The van der Waals surface area contributed by atoms with Crippen molar-refractivity contribution in [3.05, 3.63) is 40.7 Å². The summed E-state index contributed by atoms with van der Waals surface area (Å²) in [5.74, 6) is -0.946. The van der Waals surface area contributed by atoms with E-state index in [1.807, 2.05) is 0 Å². The molecule has 0 bridgehead atoms. The fraction of sp³-hybridized carbons (Fsp3) is 0.452. The average Bonchev–Trinajstić information content (AvgIpc) is 3.66. The van der Waals surface area contributed by atoms with Crippen molar-refractivity contribution in [3.8, 4) is 17.3 Å². The van der Waals surface area contributed by atoms with Gasteiger partial charge in [0.05, 0.1) is 35.4 Å². The van der Waals surface area contributed by atoms with Crippen molar-refractivity contribution >= 4 is 49.4 Å². The molecule has 2 N–H and O–H groups in total. The average molecular weight is 622 g/mol. The number of carbonyl (C=O) groups is 1. The molecule has 44 heavy (non-hydrogen) atoms. The first-order valence-corrected chi connectivity index (χ1v) is 15.3. The Balaban J connectivity index is 1.51. The van der Waals surface area contributed by atoms with Crippen LogP contribution in [0.15, 0.2) is 12.4 Å². The Kier molecular flexibility index (Phi) is 7.63. The van der Waals surface area contributed by atoms with Crippen molar-refractivity contribution in [2.45, 2.75) is 84.9 Å². The molecule has 10 nitrogen and oxygen atoms in total. The summed E-state index contributed by atoms with van der Waals surface area (Å²) >= 11 is 0.863. The molecular formula is C31H33F2N7O3S. The summed E-state index contributed by atoms with van der Waals surface area (Å²) in [7, 11) is 0. The maximum atomic E-state index is 16.8. The van der Waals surface area contributed by atoms with Crippen LogP contribution < -0.4 is 15.5 Å². The van der Waals surface area contributed by atoms with Crippen LogP contribution in [0, 0.1) is 23.0 Å². The van der Waals surface area contributed by atoms with Gasteiger partial charge in [-0.2, -0.15) is 5.26 Å². The van der Waals surface area contributed by atoms with Crippen LogP contribution in [0.4, 0.5) is 24.5 Å². The molecule has 2 atom stereocenters. The van der Waals surface area contributed by atoms with Gasteiger partial charge in [-0.15, -0.1) is 11.3 Å².